The van der Waals surface area contributed by atoms with Gasteiger partial charge in [0.15, 0.2) is 0 Å². The van der Waals surface area contributed by atoms with Gasteiger partial charge in [0.1, 0.15) is 17.0 Å². The quantitative estimate of drug-likeness (QED) is 0.546. The van der Waals surface area contributed by atoms with Gasteiger partial charge in [-0.05, 0) is 55.0 Å². The van der Waals surface area contributed by atoms with Gasteiger partial charge in [0, 0.05) is 17.1 Å². The first kappa shape index (κ1) is 19.1. The molecule has 0 spiro atoms. The largest absolute Gasteiger partial charge is 0.438 e. The maximum Gasteiger partial charge on any atom is 0.262 e. The normalized spacial score (nSPS) is 11.4. The summed E-state index contributed by atoms with van der Waals surface area (Å²) in [5.74, 6) is -0.494. The zero-order valence-corrected chi connectivity index (χ0v) is 16.1. The maximum absolute atomic E-state index is 13.0. The van der Waals surface area contributed by atoms with Crippen LogP contribution in [-0.2, 0) is 0 Å². The van der Waals surface area contributed by atoms with E-state index in [1.54, 1.807) is 48.7 Å². The van der Waals surface area contributed by atoms with Crippen molar-refractivity contribution in [1.82, 2.24) is 4.98 Å². The van der Waals surface area contributed by atoms with Crippen molar-refractivity contribution in [2.75, 3.05) is 5.32 Å². The molecule has 0 aliphatic heterocycles. The first-order valence-electron chi connectivity index (χ1n) is 9.21. The molecule has 0 saturated heterocycles. The van der Waals surface area contributed by atoms with Gasteiger partial charge in [0.05, 0.1) is 5.69 Å². The van der Waals surface area contributed by atoms with Crippen molar-refractivity contribution in [1.29, 1.82) is 0 Å². The molecule has 0 fully saturated rings. The molecule has 7 nitrogen and oxygen atoms in total. The van der Waals surface area contributed by atoms with E-state index in [0.717, 1.165) is 10.9 Å². The predicted octanol–water partition coefficient (Wildman–Crippen LogP) is 3.72. The van der Waals surface area contributed by atoms with Crippen molar-refractivity contribution in [2.45, 2.75) is 6.92 Å². The van der Waals surface area contributed by atoms with Crippen LogP contribution in [0, 0.1) is 6.92 Å². The Morgan fingerprint density at radius 2 is 1.80 bits per heavy atom. The SMILES string of the molecule is Cc1ccc(NC(=O)c2cc3ccccc3oc2=Nc2ccc(C(N)=O)cc2)nc1. The molecule has 2 amide bonds. The Bertz CT molecular complexity index is 1310. The number of hydrogen-bond donors (Lipinski definition) is 2. The fraction of sp³-hybridized carbons (Fsp3) is 0.0435. The summed E-state index contributed by atoms with van der Waals surface area (Å²) in [7, 11) is 0. The minimum Gasteiger partial charge on any atom is -0.438 e. The number of benzene rings is 2. The fourth-order valence-corrected chi connectivity index (χ4v) is 2.86. The van der Waals surface area contributed by atoms with E-state index in [4.69, 9.17) is 10.2 Å². The van der Waals surface area contributed by atoms with Gasteiger partial charge < -0.3 is 15.5 Å². The van der Waals surface area contributed by atoms with Crippen LogP contribution in [0.5, 0.6) is 0 Å². The molecule has 2 heterocycles. The van der Waals surface area contributed by atoms with Crippen LogP contribution >= 0.6 is 0 Å². The zero-order valence-electron chi connectivity index (χ0n) is 16.1. The molecule has 0 bridgehead atoms. The third-order valence-corrected chi connectivity index (χ3v) is 4.44. The molecule has 3 N–H and O–H groups in total. The van der Waals surface area contributed by atoms with Crippen molar-refractivity contribution < 1.29 is 14.0 Å². The highest BCUT2D eigenvalue weighted by Gasteiger charge is 2.14. The standard InChI is InChI=1S/C23H18N4O3/c1-14-6-11-20(25-13-14)27-22(29)18-12-16-4-2-3-5-19(16)30-23(18)26-17-9-7-15(8-10-17)21(24)28/h2-13H,1H3,(H2,24,28)(H,25,27,29). The summed E-state index contributed by atoms with van der Waals surface area (Å²) in [6, 6.07) is 19.1. The molecular weight excluding hydrogens is 380 g/mol. The Labute approximate surface area is 171 Å². The molecule has 0 aliphatic carbocycles. The Morgan fingerprint density at radius 1 is 1.03 bits per heavy atom. The number of primary amides is 1. The minimum atomic E-state index is -0.525. The summed E-state index contributed by atoms with van der Waals surface area (Å²) in [4.78, 5) is 32.9. The number of nitrogens with two attached hydrogens (primary N) is 1. The number of pyridine rings is 1. The second-order valence-corrected chi connectivity index (χ2v) is 6.70. The second-order valence-electron chi connectivity index (χ2n) is 6.70. The third-order valence-electron chi connectivity index (χ3n) is 4.44. The predicted molar refractivity (Wildman–Crippen MR) is 113 cm³/mol. The monoisotopic (exact) mass is 398 g/mol. The van der Waals surface area contributed by atoms with Crippen LogP contribution in [-0.4, -0.2) is 16.8 Å². The topological polar surface area (TPSA) is 111 Å². The summed E-state index contributed by atoms with van der Waals surface area (Å²) < 4.78 is 5.91. The average Bonchev–Trinajstić information content (AvgIpc) is 2.75. The molecule has 0 atom stereocenters. The van der Waals surface area contributed by atoms with E-state index < -0.39 is 11.8 Å². The van der Waals surface area contributed by atoms with Crippen molar-refractivity contribution >= 4 is 34.3 Å². The van der Waals surface area contributed by atoms with E-state index in [9.17, 15) is 9.59 Å². The maximum atomic E-state index is 13.0. The van der Waals surface area contributed by atoms with Gasteiger partial charge in [-0.25, -0.2) is 9.98 Å². The molecule has 4 aromatic rings. The van der Waals surface area contributed by atoms with Gasteiger partial charge in [-0.1, -0.05) is 24.3 Å². The van der Waals surface area contributed by atoms with Gasteiger partial charge in [-0.3, -0.25) is 9.59 Å². The van der Waals surface area contributed by atoms with E-state index in [1.807, 2.05) is 31.2 Å². The van der Waals surface area contributed by atoms with Gasteiger partial charge in [0.2, 0.25) is 11.5 Å². The molecule has 0 aliphatic rings. The van der Waals surface area contributed by atoms with Crippen molar-refractivity contribution in [3.05, 3.63) is 95.2 Å². The zero-order chi connectivity index (χ0) is 21.1. The molecule has 0 radical (unpaired) electrons. The Morgan fingerprint density at radius 3 is 2.50 bits per heavy atom. The highest BCUT2D eigenvalue weighted by molar-refractivity contribution is 6.05. The lowest BCUT2D eigenvalue weighted by molar-refractivity contribution is 0.0997. The molecule has 2 aromatic heterocycles. The second kappa shape index (κ2) is 8.00. The smallest absolute Gasteiger partial charge is 0.262 e. The lowest BCUT2D eigenvalue weighted by atomic mass is 10.1. The van der Waals surface area contributed by atoms with E-state index in [2.05, 4.69) is 15.3 Å². The van der Waals surface area contributed by atoms with Crippen LogP contribution in [0.4, 0.5) is 11.5 Å². The number of para-hydroxylation sites is 1. The summed E-state index contributed by atoms with van der Waals surface area (Å²) >= 11 is 0. The molecule has 4 rings (SSSR count). The van der Waals surface area contributed by atoms with E-state index >= 15 is 0 Å². The van der Waals surface area contributed by atoms with E-state index in [-0.39, 0.29) is 11.1 Å². The highest BCUT2D eigenvalue weighted by Crippen LogP contribution is 2.17. The number of aryl methyl sites for hydroxylation is 1. The molecule has 0 unspecified atom stereocenters. The number of aromatic nitrogens is 1. The number of fused-ring (bicyclic) bond motifs is 1. The summed E-state index contributed by atoms with van der Waals surface area (Å²) in [5.41, 5.74) is 8.15. The van der Waals surface area contributed by atoms with Crippen LogP contribution in [0.2, 0.25) is 0 Å². The molecular formula is C23H18N4O3. The lowest BCUT2D eigenvalue weighted by Gasteiger charge is -2.07. The molecule has 30 heavy (non-hydrogen) atoms. The number of rotatable bonds is 4. The first-order chi connectivity index (χ1) is 14.5. The number of hydrogen-bond acceptors (Lipinski definition) is 5. The van der Waals surface area contributed by atoms with Crippen LogP contribution in [0.15, 0.2) is 82.3 Å². The number of carbonyl (C=O) groups excluding carboxylic acids is 2. The van der Waals surface area contributed by atoms with Crippen LogP contribution in [0.3, 0.4) is 0 Å². The summed E-state index contributed by atoms with van der Waals surface area (Å²) in [5, 5.41) is 3.54. The average molecular weight is 398 g/mol. The fourth-order valence-electron chi connectivity index (χ4n) is 2.86. The van der Waals surface area contributed by atoms with Crippen LogP contribution in [0.25, 0.3) is 11.0 Å². The van der Waals surface area contributed by atoms with E-state index in [0.29, 0.717) is 22.7 Å². The van der Waals surface area contributed by atoms with Crippen molar-refractivity contribution in [3.63, 3.8) is 0 Å². The van der Waals surface area contributed by atoms with Gasteiger partial charge in [-0.2, -0.15) is 0 Å². The van der Waals surface area contributed by atoms with Crippen molar-refractivity contribution in [2.24, 2.45) is 10.7 Å². The molecule has 0 saturated carbocycles. The van der Waals surface area contributed by atoms with Gasteiger partial charge in [0.25, 0.3) is 5.91 Å². The Kier molecular flexibility index (Phi) is 5.09. The van der Waals surface area contributed by atoms with Gasteiger partial charge >= 0.3 is 0 Å². The molecule has 148 valence electrons. The lowest BCUT2D eigenvalue weighted by Crippen LogP contribution is -2.22. The number of nitrogens with zero attached hydrogens (tertiary/aromatic N) is 2. The first-order valence-corrected chi connectivity index (χ1v) is 9.21. The number of carbonyl (C=O) groups is 2. The van der Waals surface area contributed by atoms with Crippen molar-refractivity contribution in [3.8, 4) is 0 Å². The number of nitrogens with one attached hydrogen (secondary N) is 1. The van der Waals surface area contributed by atoms with Crippen LogP contribution in [0.1, 0.15) is 26.3 Å². The van der Waals surface area contributed by atoms with E-state index in [1.165, 1.54) is 0 Å². The summed E-state index contributed by atoms with van der Waals surface area (Å²) in [6.07, 6.45) is 1.67. The Hall–Kier alpha value is -4.26. The molecule has 2 aromatic carbocycles. The number of anilines is 1. The molecule has 7 heteroatoms. The summed E-state index contributed by atoms with van der Waals surface area (Å²) in [6.45, 7) is 1.92. The Balaban J connectivity index is 1.79. The van der Waals surface area contributed by atoms with Gasteiger partial charge in [-0.15, -0.1) is 0 Å². The highest BCUT2D eigenvalue weighted by atomic mass is 16.3. The van der Waals surface area contributed by atoms with Crippen LogP contribution < -0.4 is 16.6 Å². The number of amides is 2. The third kappa shape index (κ3) is 4.10. The minimum absolute atomic E-state index is 0.144.